The van der Waals surface area contributed by atoms with E-state index in [9.17, 15) is 9.18 Å². The molecule has 1 aliphatic heterocycles. The number of amides is 1. The summed E-state index contributed by atoms with van der Waals surface area (Å²) in [6.07, 6.45) is 0. The van der Waals surface area contributed by atoms with Crippen molar-refractivity contribution in [3.05, 3.63) is 65.4 Å². The zero-order valence-electron chi connectivity index (χ0n) is 17.0. The van der Waals surface area contributed by atoms with Gasteiger partial charge in [0.15, 0.2) is 5.65 Å². The van der Waals surface area contributed by atoms with Crippen molar-refractivity contribution >= 4 is 28.5 Å². The highest BCUT2D eigenvalue weighted by atomic mass is 35.5. The average Bonchev–Trinajstić information content (AvgIpc) is 3.19. The van der Waals surface area contributed by atoms with Crippen LogP contribution in [0.3, 0.4) is 0 Å². The summed E-state index contributed by atoms with van der Waals surface area (Å²) in [5.74, 6) is -0.496. The minimum Gasteiger partial charge on any atom is -0.378 e. The van der Waals surface area contributed by atoms with E-state index in [-0.39, 0.29) is 12.5 Å². The maximum absolute atomic E-state index is 14.0. The molecule has 2 aromatic heterocycles. The maximum atomic E-state index is 14.0. The highest BCUT2D eigenvalue weighted by Crippen LogP contribution is 2.37. The van der Waals surface area contributed by atoms with E-state index in [1.54, 1.807) is 17.0 Å². The summed E-state index contributed by atoms with van der Waals surface area (Å²) >= 11 is 6.81. The molecule has 162 valence electrons. The van der Waals surface area contributed by atoms with Gasteiger partial charge in [-0.15, -0.1) is 10.2 Å². The third kappa shape index (κ3) is 3.83. The Kier molecular flexibility index (Phi) is 5.55. The number of fused-ring (bicyclic) bond motifs is 1. The summed E-state index contributed by atoms with van der Waals surface area (Å²) in [7, 11) is 0. The van der Waals surface area contributed by atoms with Gasteiger partial charge in [-0.3, -0.25) is 4.79 Å². The van der Waals surface area contributed by atoms with E-state index in [1.165, 1.54) is 16.8 Å². The summed E-state index contributed by atoms with van der Waals surface area (Å²) in [5, 5.41) is 14.2. The molecule has 0 radical (unpaired) electrons. The topological polar surface area (TPSA) is 73.1 Å². The minimum absolute atomic E-state index is 0.0263. The lowest BCUT2D eigenvalue weighted by Gasteiger charge is -2.26. The smallest absolute Gasteiger partial charge is 0.244 e. The van der Waals surface area contributed by atoms with Gasteiger partial charge in [0.1, 0.15) is 23.7 Å². The summed E-state index contributed by atoms with van der Waals surface area (Å²) in [4.78, 5) is 14.6. The molecule has 32 heavy (non-hydrogen) atoms. The number of carbonyl (C=O) groups is 1. The van der Waals surface area contributed by atoms with Crippen LogP contribution in [0.15, 0.2) is 54.6 Å². The van der Waals surface area contributed by atoms with E-state index in [1.807, 2.05) is 30.3 Å². The molecule has 2 aromatic carbocycles. The first kappa shape index (κ1) is 20.5. The first-order chi connectivity index (χ1) is 15.6. The van der Waals surface area contributed by atoms with Crippen LogP contribution in [0.2, 0.25) is 5.02 Å². The van der Waals surface area contributed by atoms with Crippen LogP contribution >= 0.6 is 11.6 Å². The lowest BCUT2D eigenvalue weighted by Crippen LogP contribution is -2.42. The molecule has 0 atom stereocenters. The number of halogens is 2. The van der Waals surface area contributed by atoms with Crippen molar-refractivity contribution in [3.63, 3.8) is 0 Å². The van der Waals surface area contributed by atoms with Gasteiger partial charge in [0.05, 0.1) is 23.6 Å². The van der Waals surface area contributed by atoms with Crippen molar-refractivity contribution < 1.29 is 13.9 Å². The summed E-state index contributed by atoms with van der Waals surface area (Å²) in [5.41, 5.74) is 2.66. The molecule has 4 aromatic rings. The van der Waals surface area contributed by atoms with Gasteiger partial charge >= 0.3 is 0 Å². The minimum atomic E-state index is -0.393. The Hall–Kier alpha value is -3.36. The Labute approximate surface area is 188 Å². The average molecular weight is 452 g/mol. The molecule has 5 rings (SSSR count). The number of benzene rings is 2. The predicted octanol–water partition coefficient (Wildman–Crippen LogP) is 3.81. The Morgan fingerprint density at radius 2 is 1.75 bits per heavy atom. The van der Waals surface area contributed by atoms with E-state index in [2.05, 4.69) is 15.3 Å². The molecule has 0 bridgehead atoms. The molecule has 1 fully saturated rings. The largest absolute Gasteiger partial charge is 0.378 e. The molecule has 0 N–H and O–H groups in total. The molecule has 3 heterocycles. The summed E-state index contributed by atoms with van der Waals surface area (Å²) in [6, 6.07) is 15.5. The Morgan fingerprint density at radius 3 is 2.50 bits per heavy atom. The normalized spacial score (nSPS) is 14.1. The van der Waals surface area contributed by atoms with Crippen LogP contribution in [-0.2, 0) is 16.1 Å². The first-order valence-electron chi connectivity index (χ1n) is 10.2. The number of hydrogen-bond acceptors (Lipinski definition) is 5. The SMILES string of the molecule is O=C(Cn1nc(-c2cccc(F)c2)c2c(Cl)c(-c3ccccc3)nnc21)N1CCOCC1. The fourth-order valence-corrected chi connectivity index (χ4v) is 4.11. The monoisotopic (exact) mass is 451 g/mol. The number of hydrogen-bond donors (Lipinski definition) is 0. The number of ether oxygens (including phenoxy) is 1. The number of aromatic nitrogens is 4. The van der Waals surface area contributed by atoms with Crippen LogP contribution in [0.5, 0.6) is 0 Å². The third-order valence-corrected chi connectivity index (χ3v) is 5.76. The van der Waals surface area contributed by atoms with Crippen molar-refractivity contribution in [2.75, 3.05) is 26.3 Å². The number of nitrogens with zero attached hydrogens (tertiary/aromatic N) is 5. The van der Waals surface area contributed by atoms with E-state index in [0.717, 1.165) is 5.56 Å². The predicted molar refractivity (Wildman–Crippen MR) is 119 cm³/mol. The standard InChI is InChI=1S/C23H19ClFN5O2/c24-20-19-21(16-7-4-8-17(25)13-16)28-30(14-18(31)29-9-11-32-12-10-29)23(19)27-26-22(20)15-5-2-1-3-6-15/h1-8,13H,9-12,14H2. The fraction of sp³-hybridized carbons (Fsp3) is 0.217. The summed E-state index contributed by atoms with van der Waals surface area (Å²) in [6.45, 7) is 2.04. The van der Waals surface area contributed by atoms with E-state index in [0.29, 0.717) is 59.3 Å². The molecule has 1 saturated heterocycles. The second kappa shape index (κ2) is 8.64. The molecule has 7 nitrogen and oxygen atoms in total. The zero-order chi connectivity index (χ0) is 22.1. The van der Waals surface area contributed by atoms with Gasteiger partial charge in [0, 0.05) is 24.2 Å². The molecule has 0 saturated carbocycles. The van der Waals surface area contributed by atoms with Gasteiger partial charge in [-0.2, -0.15) is 5.10 Å². The van der Waals surface area contributed by atoms with Gasteiger partial charge < -0.3 is 9.64 Å². The van der Waals surface area contributed by atoms with Gasteiger partial charge in [-0.05, 0) is 12.1 Å². The Balaban J connectivity index is 1.65. The second-order valence-corrected chi connectivity index (χ2v) is 7.81. The van der Waals surface area contributed by atoms with Crippen molar-refractivity contribution in [2.45, 2.75) is 6.54 Å². The number of morpholine rings is 1. The highest BCUT2D eigenvalue weighted by Gasteiger charge is 2.24. The Bertz CT molecular complexity index is 1290. The van der Waals surface area contributed by atoms with Crippen molar-refractivity contribution in [3.8, 4) is 22.5 Å². The van der Waals surface area contributed by atoms with Crippen LogP contribution in [0.25, 0.3) is 33.5 Å². The summed E-state index contributed by atoms with van der Waals surface area (Å²) < 4.78 is 20.8. The molecule has 9 heteroatoms. The van der Waals surface area contributed by atoms with Crippen molar-refractivity contribution in [1.82, 2.24) is 24.9 Å². The molecular formula is C23H19ClFN5O2. The number of rotatable bonds is 4. The molecule has 1 amide bonds. The maximum Gasteiger partial charge on any atom is 0.244 e. The second-order valence-electron chi connectivity index (χ2n) is 7.44. The van der Waals surface area contributed by atoms with Gasteiger partial charge in [0.25, 0.3) is 0 Å². The van der Waals surface area contributed by atoms with E-state index in [4.69, 9.17) is 16.3 Å². The third-order valence-electron chi connectivity index (χ3n) is 5.39. The van der Waals surface area contributed by atoms with Crippen LogP contribution < -0.4 is 0 Å². The molecule has 0 spiro atoms. The molecular weight excluding hydrogens is 433 g/mol. The lowest BCUT2D eigenvalue weighted by molar-refractivity contribution is -0.136. The van der Waals surface area contributed by atoms with Crippen LogP contribution in [-0.4, -0.2) is 57.1 Å². The van der Waals surface area contributed by atoms with Crippen LogP contribution in [0.4, 0.5) is 4.39 Å². The van der Waals surface area contributed by atoms with Gasteiger partial charge in [-0.1, -0.05) is 54.1 Å². The Morgan fingerprint density at radius 1 is 1.00 bits per heavy atom. The molecule has 1 aliphatic rings. The highest BCUT2D eigenvalue weighted by molar-refractivity contribution is 6.38. The lowest BCUT2D eigenvalue weighted by atomic mass is 10.1. The zero-order valence-corrected chi connectivity index (χ0v) is 17.8. The molecule has 0 aliphatic carbocycles. The van der Waals surface area contributed by atoms with Crippen LogP contribution in [0.1, 0.15) is 0 Å². The van der Waals surface area contributed by atoms with Gasteiger partial charge in [0.2, 0.25) is 5.91 Å². The fourth-order valence-electron chi connectivity index (χ4n) is 3.79. The van der Waals surface area contributed by atoms with E-state index < -0.39 is 5.82 Å². The van der Waals surface area contributed by atoms with Crippen molar-refractivity contribution in [2.24, 2.45) is 0 Å². The first-order valence-corrected chi connectivity index (χ1v) is 10.6. The van der Waals surface area contributed by atoms with Crippen LogP contribution in [0, 0.1) is 5.82 Å². The quantitative estimate of drug-likeness (QED) is 0.471. The number of carbonyl (C=O) groups excluding carboxylic acids is 1. The van der Waals surface area contributed by atoms with Crippen molar-refractivity contribution in [1.29, 1.82) is 0 Å². The van der Waals surface area contributed by atoms with Gasteiger partial charge in [-0.25, -0.2) is 9.07 Å². The molecule has 0 unspecified atom stereocenters. The van der Waals surface area contributed by atoms with E-state index >= 15 is 0 Å².